The first kappa shape index (κ1) is 24.4. The Morgan fingerprint density at radius 1 is 0.356 bits per heavy atom. The van der Waals surface area contributed by atoms with Crippen molar-refractivity contribution >= 4 is 43.6 Å². The molecular weight excluding hydrogens is 548 g/mol. The molecule has 1 aliphatic heterocycles. The molecule has 1 aliphatic rings. The molecule has 0 atom stereocenters. The van der Waals surface area contributed by atoms with Crippen LogP contribution in [0.5, 0.6) is 11.5 Å². The molecule has 0 N–H and O–H groups in total. The van der Waals surface area contributed by atoms with Gasteiger partial charge in [0.2, 0.25) is 0 Å². The maximum Gasteiger partial charge on any atom is 0.152 e. The Kier molecular flexibility index (Phi) is 5.00. The van der Waals surface area contributed by atoms with Crippen molar-refractivity contribution in [2.45, 2.75) is 0 Å². The van der Waals surface area contributed by atoms with Crippen LogP contribution in [-0.2, 0) is 0 Å². The quantitative estimate of drug-likeness (QED) is 0.205. The molecule has 0 spiro atoms. The van der Waals surface area contributed by atoms with E-state index in [9.17, 15) is 0 Å². The van der Waals surface area contributed by atoms with E-state index in [0.717, 1.165) is 34.0 Å². The van der Waals surface area contributed by atoms with E-state index in [0.29, 0.717) is 0 Å². The number of fused-ring (bicyclic) bond motifs is 8. The van der Waals surface area contributed by atoms with Gasteiger partial charge in [0, 0.05) is 27.1 Å². The third-order valence-electron chi connectivity index (χ3n) is 9.33. The van der Waals surface area contributed by atoms with Crippen molar-refractivity contribution in [3.05, 3.63) is 158 Å². The molecule has 0 amide bonds. The second-order valence-corrected chi connectivity index (χ2v) is 11.7. The lowest BCUT2D eigenvalue weighted by molar-refractivity contribution is 0.476. The van der Waals surface area contributed by atoms with Gasteiger partial charge >= 0.3 is 0 Å². The van der Waals surface area contributed by atoms with Gasteiger partial charge in [0.1, 0.15) is 0 Å². The molecule has 3 nitrogen and oxygen atoms in total. The molecule has 0 saturated heterocycles. The first-order valence-corrected chi connectivity index (χ1v) is 15.4. The fourth-order valence-corrected chi connectivity index (χ4v) is 7.43. The Bertz CT molecular complexity index is 2580. The van der Waals surface area contributed by atoms with Crippen molar-refractivity contribution < 1.29 is 4.74 Å². The van der Waals surface area contributed by atoms with Crippen LogP contribution in [0, 0.1) is 0 Å². The van der Waals surface area contributed by atoms with Gasteiger partial charge < -0.3 is 13.9 Å². The summed E-state index contributed by atoms with van der Waals surface area (Å²) in [7, 11) is 0. The molecule has 3 heterocycles. The number of ether oxygens (including phenoxy) is 1. The fraction of sp³-hybridized carbons (Fsp3) is 0. The van der Waals surface area contributed by atoms with Gasteiger partial charge in [-0.05, 0) is 59.2 Å². The molecule has 0 bridgehead atoms. The lowest BCUT2D eigenvalue weighted by atomic mass is 9.93. The van der Waals surface area contributed by atoms with Crippen molar-refractivity contribution in [1.29, 1.82) is 0 Å². The highest BCUT2D eigenvalue weighted by Gasteiger charge is 2.24. The molecule has 3 heteroatoms. The summed E-state index contributed by atoms with van der Waals surface area (Å²) in [6, 6.07) is 56.5. The maximum atomic E-state index is 6.51. The van der Waals surface area contributed by atoms with E-state index >= 15 is 0 Å². The van der Waals surface area contributed by atoms with Crippen LogP contribution in [0.25, 0.3) is 77.2 Å². The van der Waals surface area contributed by atoms with E-state index < -0.39 is 0 Å². The number of hydrogen-bond acceptors (Lipinski definition) is 1. The van der Waals surface area contributed by atoms with Crippen molar-refractivity contribution in [2.75, 3.05) is 0 Å². The van der Waals surface area contributed by atoms with Crippen LogP contribution >= 0.6 is 0 Å². The molecule has 2 aromatic heterocycles. The average molecular weight is 575 g/mol. The zero-order valence-corrected chi connectivity index (χ0v) is 24.3. The average Bonchev–Trinajstić information content (AvgIpc) is 3.63. The lowest BCUT2D eigenvalue weighted by Gasteiger charge is -2.22. The van der Waals surface area contributed by atoms with Crippen molar-refractivity contribution in [1.82, 2.24) is 9.13 Å². The van der Waals surface area contributed by atoms with E-state index in [1.807, 2.05) is 0 Å². The Morgan fingerprint density at radius 3 is 1.64 bits per heavy atom. The number of hydrogen-bond donors (Lipinski definition) is 0. The highest BCUT2D eigenvalue weighted by Crippen LogP contribution is 2.47. The SMILES string of the molecule is c1ccc(-c2ccccc2-n2c3ccccc3c3ccccc32)c(-c2ccc3c(c2)-n2c4ccccc4c4cccc(c42)O3)c1. The summed E-state index contributed by atoms with van der Waals surface area (Å²) in [5, 5.41) is 4.96. The van der Waals surface area contributed by atoms with Gasteiger partial charge in [0.25, 0.3) is 0 Å². The van der Waals surface area contributed by atoms with Crippen LogP contribution in [-0.4, -0.2) is 9.13 Å². The van der Waals surface area contributed by atoms with E-state index in [2.05, 4.69) is 167 Å². The van der Waals surface area contributed by atoms with E-state index in [1.54, 1.807) is 0 Å². The highest BCUT2D eigenvalue weighted by atomic mass is 16.5. The van der Waals surface area contributed by atoms with Gasteiger partial charge in [-0.15, -0.1) is 0 Å². The number of nitrogens with zero attached hydrogens (tertiary/aromatic N) is 2. The van der Waals surface area contributed by atoms with Crippen LogP contribution in [0.15, 0.2) is 158 Å². The molecular formula is C42H26N2O. The van der Waals surface area contributed by atoms with E-state index in [-0.39, 0.29) is 0 Å². The molecule has 45 heavy (non-hydrogen) atoms. The maximum absolute atomic E-state index is 6.51. The molecule has 0 unspecified atom stereocenters. The first-order chi connectivity index (χ1) is 22.3. The predicted molar refractivity (Wildman–Crippen MR) is 186 cm³/mol. The van der Waals surface area contributed by atoms with Crippen LogP contribution < -0.4 is 4.74 Å². The Labute approximate surface area is 259 Å². The highest BCUT2D eigenvalue weighted by molar-refractivity contribution is 6.12. The summed E-state index contributed by atoms with van der Waals surface area (Å²) >= 11 is 0. The van der Waals surface area contributed by atoms with Gasteiger partial charge in [0.15, 0.2) is 11.5 Å². The smallest absolute Gasteiger partial charge is 0.152 e. The van der Waals surface area contributed by atoms with Gasteiger partial charge in [-0.1, -0.05) is 115 Å². The third-order valence-corrected chi connectivity index (χ3v) is 9.33. The molecule has 10 rings (SSSR count). The van der Waals surface area contributed by atoms with Gasteiger partial charge in [-0.3, -0.25) is 0 Å². The molecule has 0 radical (unpaired) electrons. The van der Waals surface area contributed by atoms with Crippen LogP contribution in [0.2, 0.25) is 0 Å². The van der Waals surface area contributed by atoms with Crippen LogP contribution in [0.1, 0.15) is 0 Å². The Morgan fingerprint density at radius 2 is 0.911 bits per heavy atom. The Balaban J connectivity index is 1.21. The zero-order valence-electron chi connectivity index (χ0n) is 24.3. The summed E-state index contributed by atoms with van der Waals surface area (Å²) in [5.74, 6) is 1.76. The molecule has 0 aliphatic carbocycles. The zero-order chi connectivity index (χ0) is 29.5. The van der Waals surface area contributed by atoms with Gasteiger partial charge in [-0.2, -0.15) is 0 Å². The fourth-order valence-electron chi connectivity index (χ4n) is 7.43. The normalized spacial score (nSPS) is 12.2. The topological polar surface area (TPSA) is 19.1 Å². The second kappa shape index (κ2) is 9.22. The van der Waals surface area contributed by atoms with Crippen molar-refractivity contribution in [2.24, 2.45) is 0 Å². The number of para-hydroxylation sites is 5. The van der Waals surface area contributed by atoms with E-state index in [1.165, 1.54) is 54.8 Å². The molecule has 7 aromatic carbocycles. The van der Waals surface area contributed by atoms with Gasteiger partial charge in [0.05, 0.1) is 33.4 Å². The first-order valence-electron chi connectivity index (χ1n) is 15.4. The largest absolute Gasteiger partial charge is 0.453 e. The number of aromatic nitrogens is 2. The standard InChI is InChI=1S/C42H26N2O/c1-2-13-29(30-14-3-7-19-35(30)43-36-20-8-4-15-31(36)32-16-5-9-21-37(32)43)28(12-1)27-24-25-40-39(26-27)44-38-22-10-6-17-33(38)34-18-11-23-41(45-40)42(34)44/h1-26H. The summed E-state index contributed by atoms with van der Waals surface area (Å²) in [4.78, 5) is 0. The van der Waals surface area contributed by atoms with Crippen LogP contribution in [0.4, 0.5) is 0 Å². The summed E-state index contributed by atoms with van der Waals surface area (Å²) in [5.41, 5.74) is 11.6. The Hall–Kier alpha value is -6.06. The monoisotopic (exact) mass is 574 g/mol. The minimum Gasteiger partial charge on any atom is -0.453 e. The third kappa shape index (κ3) is 3.41. The lowest BCUT2D eigenvalue weighted by Crippen LogP contribution is -2.04. The predicted octanol–water partition coefficient (Wildman–Crippen LogP) is 11.3. The van der Waals surface area contributed by atoms with E-state index in [4.69, 9.17) is 4.74 Å². The second-order valence-electron chi connectivity index (χ2n) is 11.7. The number of benzene rings is 7. The van der Waals surface area contributed by atoms with Crippen molar-refractivity contribution in [3.8, 4) is 45.1 Å². The van der Waals surface area contributed by atoms with Crippen molar-refractivity contribution in [3.63, 3.8) is 0 Å². The summed E-state index contributed by atoms with van der Waals surface area (Å²) < 4.78 is 11.3. The van der Waals surface area contributed by atoms with Gasteiger partial charge in [-0.25, -0.2) is 0 Å². The molecule has 0 fully saturated rings. The molecule has 9 aromatic rings. The minimum absolute atomic E-state index is 0.864. The molecule has 210 valence electrons. The molecule has 0 saturated carbocycles. The summed E-state index contributed by atoms with van der Waals surface area (Å²) in [6.07, 6.45) is 0. The summed E-state index contributed by atoms with van der Waals surface area (Å²) in [6.45, 7) is 0. The number of rotatable bonds is 3. The van der Waals surface area contributed by atoms with Crippen LogP contribution in [0.3, 0.4) is 0 Å². The minimum atomic E-state index is 0.864.